The van der Waals surface area contributed by atoms with Crippen molar-refractivity contribution in [1.29, 1.82) is 0 Å². The monoisotopic (exact) mass is 295 g/mol. The van der Waals surface area contributed by atoms with Crippen molar-refractivity contribution < 1.29 is 4.79 Å². The number of pyridine rings is 1. The van der Waals surface area contributed by atoms with Crippen molar-refractivity contribution in [3.05, 3.63) is 48.5 Å². The number of likely N-dealkylation sites (tertiary alicyclic amines) is 1. The van der Waals surface area contributed by atoms with Crippen molar-refractivity contribution in [3.63, 3.8) is 0 Å². The van der Waals surface area contributed by atoms with E-state index in [0.29, 0.717) is 11.7 Å². The van der Waals surface area contributed by atoms with Gasteiger partial charge in [-0.15, -0.1) is 0 Å². The largest absolute Gasteiger partial charge is 0.336 e. The van der Waals surface area contributed by atoms with Crippen LogP contribution in [0, 0.1) is 0 Å². The third kappa shape index (κ3) is 2.11. The average Bonchev–Trinajstić information content (AvgIpc) is 3.17. The van der Waals surface area contributed by atoms with Crippen LogP contribution in [0.4, 0.5) is 5.95 Å². The van der Waals surface area contributed by atoms with Gasteiger partial charge in [0.05, 0.1) is 12.1 Å². The Morgan fingerprint density at radius 3 is 2.50 bits per heavy atom. The van der Waals surface area contributed by atoms with Crippen molar-refractivity contribution in [2.24, 2.45) is 0 Å². The molecule has 1 amide bonds. The topological polar surface area (TPSA) is 62.2 Å². The van der Waals surface area contributed by atoms with Crippen LogP contribution < -0.4 is 4.90 Å². The van der Waals surface area contributed by atoms with Crippen molar-refractivity contribution in [3.8, 4) is 0 Å². The van der Waals surface area contributed by atoms with Gasteiger partial charge in [-0.1, -0.05) is 6.07 Å². The third-order valence-electron chi connectivity index (χ3n) is 4.53. The van der Waals surface area contributed by atoms with E-state index in [9.17, 15) is 4.79 Å². The molecule has 4 heterocycles. The molecule has 2 atom stereocenters. The fourth-order valence-electron chi connectivity index (χ4n) is 3.56. The van der Waals surface area contributed by atoms with Gasteiger partial charge in [-0.3, -0.25) is 9.78 Å². The van der Waals surface area contributed by atoms with Gasteiger partial charge in [0.25, 0.3) is 5.91 Å². The van der Waals surface area contributed by atoms with Gasteiger partial charge in [-0.25, -0.2) is 9.97 Å². The van der Waals surface area contributed by atoms with Crippen LogP contribution in [0.15, 0.2) is 42.9 Å². The van der Waals surface area contributed by atoms with E-state index < -0.39 is 0 Å². The Labute approximate surface area is 128 Å². The Morgan fingerprint density at radius 2 is 1.73 bits per heavy atom. The van der Waals surface area contributed by atoms with Crippen molar-refractivity contribution in [2.45, 2.75) is 24.9 Å². The smallest absolute Gasteiger partial charge is 0.272 e. The van der Waals surface area contributed by atoms with Gasteiger partial charge in [-0.05, 0) is 31.0 Å². The summed E-state index contributed by atoms with van der Waals surface area (Å²) in [7, 11) is 0. The SMILES string of the molecule is O=C(c1ccccn1)N1CC[C@H]2[C@H]1CCN2c1ncccn1. The zero-order valence-electron chi connectivity index (χ0n) is 12.2. The zero-order chi connectivity index (χ0) is 14.9. The summed E-state index contributed by atoms with van der Waals surface area (Å²) in [6, 6.07) is 7.83. The minimum absolute atomic E-state index is 0.0314. The molecule has 6 heteroatoms. The standard InChI is InChI=1S/C16H17N5O/c22-15(12-4-1-2-7-17-12)20-10-5-14-13(20)6-11-21(14)16-18-8-3-9-19-16/h1-4,7-9,13-14H,5-6,10-11H2/t13-,14+/m1/s1. The molecule has 0 aliphatic carbocycles. The van der Waals surface area contributed by atoms with Gasteiger partial charge in [-0.2, -0.15) is 0 Å². The number of hydrogen-bond donors (Lipinski definition) is 0. The fourth-order valence-corrected chi connectivity index (χ4v) is 3.56. The van der Waals surface area contributed by atoms with Crippen molar-refractivity contribution >= 4 is 11.9 Å². The van der Waals surface area contributed by atoms with Crippen LogP contribution in [-0.2, 0) is 0 Å². The van der Waals surface area contributed by atoms with Gasteiger partial charge >= 0.3 is 0 Å². The molecule has 0 aromatic carbocycles. The summed E-state index contributed by atoms with van der Waals surface area (Å²) in [4.78, 5) is 29.7. The minimum Gasteiger partial charge on any atom is -0.336 e. The van der Waals surface area contributed by atoms with Crippen LogP contribution >= 0.6 is 0 Å². The molecule has 2 aliphatic heterocycles. The summed E-state index contributed by atoms with van der Waals surface area (Å²) in [5, 5.41) is 0. The number of anilines is 1. The first-order chi connectivity index (χ1) is 10.8. The Morgan fingerprint density at radius 1 is 0.955 bits per heavy atom. The molecule has 2 aromatic heterocycles. The molecule has 0 unspecified atom stereocenters. The summed E-state index contributed by atoms with van der Waals surface area (Å²) >= 11 is 0. The Balaban J connectivity index is 1.55. The van der Waals surface area contributed by atoms with Gasteiger partial charge < -0.3 is 9.80 Å². The summed E-state index contributed by atoms with van der Waals surface area (Å²) in [5.41, 5.74) is 0.526. The van der Waals surface area contributed by atoms with E-state index in [4.69, 9.17) is 0 Å². The second-order valence-corrected chi connectivity index (χ2v) is 5.67. The van der Waals surface area contributed by atoms with Crippen LogP contribution in [0.25, 0.3) is 0 Å². The summed E-state index contributed by atoms with van der Waals surface area (Å²) < 4.78 is 0. The summed E-state index contributed by atoms with van der Waals surface area (Å²) in [6.07, 6.45) is 7.12. The van der Waals surface area contributed by atoms with E-state index >= 15 is 0 Å². The number of aromatic nitrogens is 3. The lowest BCUT2D eigenvalue weighted by Crippen LogP contribution is -2.40. The molecule has 0 N–H and O–H groups in total. The second-order valence-electron chi connectivity index (χ2n) is 5.67. The molecule has 2 aromatic rings. The molecule has 6 nitrogen and oxygen atoms in total. The lowest BCUT2D eigenvalue weighted by atomic mass is 10.1. The highest BCUT2D eigenvalue weighted by atomic mass is 16.2. The van der Waals surface area contributed by atoms with Gasteiger partial charge in [0, 0.05) is 31.7 Å². The van der Waals surface area contributed by atoms with E-state index in [-0.39, 0.29) is 11.9 Å². The first-order valence-corrected chi connectivity index (χ1v) is 7.60. The Kier molecular flexibility index (Phi) is 3.21. The lowest BCUT2D eigenvalue weighted by molar-refractivity contribution is 0.0731. The minimum atomic E-state index is 0.0314. The van der Waals surface area contributed by atoms with Crippen LogP contribution in [0.2, 0.25) is 0 Å². The molecule has 4 rings (SSSR count). The second kappa shape index (κ2) is 5.36. The molecule has 2 fully saturated rings. The van der Waals surface area contributed by atoms with E-state index in [0.717, 1.165) is 31.9 Å². The molecule has 2 aliphatic rings. The lowest BCUT2D eigenvalue weighted by Gasteiger charge is -2.25. The summed E-state index contributed by atoms with van der Waals surface area (Å²) in [6.45, 7) is 1.67. The maximum absolute atomic E-state index is 12.6. The maximum Gasteiger partial charge on any atom is 0.272 e. The van der Waals surface area contributed by atoms with Crippen LogP contribution in [0.3, 0.4) is 0 Å². The van der Waals surface area contributed by atoms with Gasteiger partial charge in [0.1, 0.15) is 5.69 Å². The Bertz CT molecular complexity index is 663. The number of hydrogen-bond acceptors (Lipinski definition) is 5. The van der Waals surface area contributed by atoms with Crippen LogP contribution in [0.5, 0.6) is 0 Å². The highest BCUT2D eigenvalue weighted by Crippen LogP contribution is 2.34. The van der Waals surface area contributed by atoms with Crippen LogP contribution in [0.1, 0.15) is 23.3 Å². The zero-order valence-corrected chi connectivity index (χ0v) is 12.2. The molecule has 22 heavy (non-hydrogen) atoms. The highest BCUT2D eigenvalue weighted by Gasteiger charge is 2.45. The van der Waals surface area contributed by atoms with E-state index in [2.05, 4.69) is 19.9 Å². The normalized spacial score (nSPS) is 23.6. The number of carbonyl (C=O) groups is 1. The van der Waals surface area contributed by atoms with E-state index in [1.807, 2.05) is 23.1 Å². The quantitative estimate of drug-likeness (QED) is 0.837. The molecule has 2 saturated heterocycles. The fraction of sp³-hybridized carbons (Fsp3) is 0.375. The number of nitrogens with zero attached hydrogens (tertiary/aromatic N) is 5. The number of fused-ring (bicyclic) bond motifs is 1. The molecule has 112 valence electrons. The predicted octanol–water partition coefficient (Wildman–Crippen LogP) is 1.36. The predicted molar refractivity (Wildman–Crippen MR) is 81.5 cm³/mol. The number of carbonyl (C=O) groups excluding carboxylic acids is 1. The molecule has 0 radical (unpaired) electrons. The number of amides is 1. The van der Waals surface area contributed by atoms with Crippen LogP contribution in [-0.4, -0.2) is 50.9 Å². The Hall–Kier alpha value is -2.50. The summed E-state index contributed by atoms with van der Waals surface area (Å²) in [5.74, 6) is 0.797. The third-order valence-corrected chi connectivity index (χ3v) is 4.53. The van der Waals surface area contributed by atoms with Crippen molar-refractivity contribution in [1.82, 2.24) is 19.9 Å². The first-order valence-electron chi connectivity index (χ1n) is 7.60. The number of rotatable bonds is 2. The van der Waals surface area contributed by atoms with E-state index in [1.165, 1.54) is 0 Å². The average molecular weight is 295 g/mol. The van der Waals surface area contributed by atoms with E-state index in [1.54, 1.807) is 24.7 Å². The van der Waals surface area contributed by atoms with Gasteiger partial charge in [0.2, 0.25) is 5.95 Å². The molecule has 0 saturated carbocycles. The molecular weight excluding hydrogens is 278 g/mol. The van der Waals surface area contributed by atoms with Crippen molar-refractivity contribution in [2.75, 3.05) is 18.0 Å². The highest BCUT2D eigenvalue weighted by molar-refractivity contribution is 5.92. The molecule has 0 spiro atoms. The molecule has 0 bridgehead atoms. The first kappa shape index (κ1) is 13.2. The molecular formula is C16H17N5O. The van der Waals surface area contributed by atoms with Gasteiger partial charge in [0.15, 0.2) is 0 Å². The maximum atomic E-state index is 12.6.